The Morgan fingerprint density at radius 1 is 1.07 bits per heavy atom. The van der Waals surface area contributed by atoms with E-state index >= 15 is 0 Å². The molecule has 2 aromatic heterocycles. The summed E-state index contributed by atoms with van der Waals surface area (Å²) >= 11 is 4.76. The molecule has 27 heavy (non-hydrogen) atoms. The average Bonchev–Trinajstić information content (AvgIpc) is 3.36. The van der Waals surface area contributed by atoms with Crippen molar-refractivity contribution in [3.63, 3.8) is 0 Å². The van der Waals surface area contributed by atoms with Crippen LogP contribution >= 0.6 is 27.3 Å². The van der Waals surface area contributed by atoms with Crippen LogP contribution in [0.3, 0.4) is 0 Å². The van der Waals surface area contributed by atoms with E-state index < -0.39 is 0 Å². The van der Waals surface area contributed by atoms with E-state index in [1.54, 1.807) is 6.07 Å². The third kappa shape index (κ3) is 4.15. The molecule has 0 aliphatic carbocycles. The number of hydrogen-bond donors (Lipinski definition) is 1. The lowest BCUT2D eigenvalue weighted by Gasteiger charge is -2.04. The molecule has 0 aliphatic heterocycles. The fourth-order valence-electron chi connectivity index (χ4n) is 2.52. The van der Waals surface area contributed by atoms with Gasteiger partial charge in [0.15, 0.2) is 0 Å². The van der Waals surface area contributed by atoms with Gasteiger partial charge in [0.2, 0.25) is 5.82 Å². The quantitative estimate of drug-likeness (QED) is 0.466. The third-order valence-electron chi connectivity index (χ3n) is 3.84. The lowest BCUT2D eigenvalue weighted by Crippen LogP contribution is -2.21. The molecule has 0 spiro atoms. The summed E-state index contributed by atoms with van der Waals surface area (Å²) in [4.78, 5) is 18.2. The van der Waals surface area contributed by atoms with E-state index in [-0.39, 0.29) is 5.91 Å². The topological polar surface area (TPSA) is 68.0 Å². The van der Waals surface area contributed by atoms with Crippen molar-refractivity contribution in [2.45, 2.75) is 6.54 Å². The standard InChI is InChI=1S/C20H14BrN3O2S/c21-15-8-4-5-13(11-15)12-22-19(25)17-10-9-16(27-17)18-23-20(26-24-18)14-6-2-1-3-7-14/h1-11H,12H2,(H,22,25). The summed E-state index contributed by atoms with van der Waals surface area (Å²) in [6.45, 7) is 0.464. The van der Waals surface area contributed by atoms with Crippen LogP contribution in [0, 0.1) is 0 Å². The number of rotatable bonds is 5. The minimum absolute atomic E-state index is 0.127. The highest BCUT2D eigenvalue weighted by molar-refractivity contribution is 9.10. The van der Waals surface area contributed by atoms with Crippen molar-refractivity contribution in [1.29, 1.82) is 0 Å². The summed E-state index contributed by atoms with van der Waals surface area (Å²) in [7, 11) is 0. The molecule has 2 heterocycles. The predicted molar refractivity (Wildman–Crippen MR) is 108 cm³/mol. The maximum atomic E-state index is 12.4. The number of benzene rings is 2. The first kappa shape index (κ1) is 17.6. The van der Waals surface area contributed by atoms with Crippen molar-refractivity contribution in [2.24, 2.45) is 0 Å². The van der Waals surface area contributed by atoms with E-state index in [2.05, 4.69) is 31.4 Å². The van der Waals surface area contributed by atoms with Crippen molar-refractivity contribution < 1.29 is 9.32 Å². The molecule has 0 saturated heterocycles. The molecule has 0 unspecified atom stereocenters. The second kappa shape index (κ2) is 7.85. The van der Waals surface area contributed by atoms with Crippen LogP contribution in [-0.4, -0.2) is 16.0 Å². The van der Waals surface area contributed by atoms with E-state index in [1.807, 2.05) is 60.7 Å². The van der Waals surface area contributed by atoms with Gasteiger partial charge in [0, 0.05) is 16.6 Å². The molecule has 0 atom stereocenters. The lowest BCUT2D eigenvalue weighted by atomic mass is 10.2. The summed E-state index contributed by atoms with van der Waals surface area (Å²) in [6, 6.07) is 21.0. The number of amides is 1. The molecule has 1 amide bonds. The Morgan fingerprint density at radius 2 is 1.93 bits per heavy atom. The SMILES string of the molecule is O=C(NCc1cccc(Br)c1)c1ccc(-c2noc(-c3ccccc3)n2)s1. The van der Waals surface area contributed by atoms with Crippen molar-refractivity contribution in [3.8, 4) is 22.2 Å². The Bertz CT molecular complexity index is 1080. The zero-order valence-corrected chi connectivity index (χ0v) is 16.5. The van der Waals surface area contributed by atoms with Crippen molar-refractivity contribution >= 4 is 33.2 Å². The highest BCUT2D eigenvalue weighted by atomic mass is 79.9. The fourth-order valence-corrected chi connectivity index (χ4v) is 3.81. The Hall–Kier alpha value is -2.77. The Morgan fingerprint density at radius 3 is 2.74 bits per heavy atom. The van der Waals surface area contributed by atoms with Gasteiger partial charge in [-0.15, -0.1) is 11.3 Å². The first-order valence-corrected chi connectivity index (χ1v) is 9.82. The normalized spacial score (nSPS) is 10.7. The highest BCUT2D eigenvalue weighted by Gasteiger charge is 2.15. The van der Waals surface area contributed by atoms with Gasteiger partial charge in [0.05, 0.1) is 9.75 Å². The van der Waals surface area contributed by atoms with Gasteiger partial charge >= 0.3 is 0 Å². The van der Waals surface area contributed by atoms with Crippen molar-refractivity contribution in [3.05, 3.63) is 81.6 Å². The van der Waals surface area contributed by atoms with Gasteiger partial charge < -0.3 is 9.84 Å². The molecule has 1 N–H and O–H groups in total. The maximum absolute atomic E-state index is 12.4. The van der Waals surface area contributed by atoms with E-state index in [9.17, 15) is 4.79 Å². The second-order valence-electron chi connectivity index (χ2n) is 5.77. The van der Waals surface area contributed by atoms with E-state index in [1.165, 1.54) is 11.3 Å². The summed E-state index contributed by atoms with van der Waals surface area (Å²) in [5.74, 6) is 0.808. The number of nitrogens with zero attached hydrogens (tertiary/aromatic N) is 2. The number of aromatic nitrogens is 2. The Labute approximate surface area is 168 Å². The van der Waals surface area contributed by atoms with Crippen LogP contribution in [0.25, 0.3) is 22.2 Å². The molecule has 0 saturated carbocycles. The molecule has 4 rings (SSSR count). The molecule has 134 valence electrons. The summed E-state index contributed by atoms with van der Waals surface area (Å²) in [6.07, 6.45) is 0. The van der Waals surface area contributed by atoms with Crippen LogP contribution in [0.15, 0.2) is 75.7 Å². The number of nitrogens with one attached hydrogen (secondary N) is 1. The third-order valence-corrected chi connectivity index (χ3v) is 5.41. The van der Waals surface area contributed by atoms with E-state index in [0.717, 1.165) is 20.5 Å². The van der Waals surface area contributed by atoms with Gasteiger partial charge in [-0.2, -0.15) is 4.98 Å². The van der Waals surface area contributed by atoms with Crippen LogP contribution in [0.2, 0.25) is 0 Å². The molecule has 4 aromatic rings. The van der Waals surface area contributed by atoms with Gasteiger partial charge in [-0.1, -0.05) is 51.4 Å². The molecule has 0 bridgehead atoms. The molecule has 5 nitrogen and oxygen atoms in total. The number of thiophene rings is 1. The zero-order chi connectivity index (χ0) is 18.6. The second-order valence-corrected chi connectivity index (χ2v) is 7.77. The van der Waals surface area contributed by atoms with Crippen LogP contribution in [-0.2, 0) is 6.54 Å². The number of halogens is 1. The molecular formula is C20H14BrN3O2S. The van der Waals surface area contributed by atoms with Crippen LogP contribution in [0.5, 0.6) is 0 Å². The predicted octanol–water partition coefficient (Wildman–Crippen LogP) is 5.16. The Kier molecular flexibility index (Phi) is 5.13. The van der Waals surface area contributed by atoms with Crippen molar-refractivity contribution in [2.75, 3.05) is 0 Å². The molecule has 0 radical (unpaired) electrons. The van der Waals surface area contributed by atoms with E-state index in [4.69, 9.17) is 4.52 Å². The van der Waals surface area contributed by atoms with Gasteiger partial charge in [-0.3, -0.25) is 4.79 Å². The van der Waals surface area contributed by atoms with Crippen molar-refractivity contribution in [1.82, 2.24) is 15.5 Å². The highest BCUT2D eigenvalue weighted by Crippen LogP contribution is 2.28. The first-order valence-electron chi connectivity index (χ1n) is 8.21. The van der Waals surface area contributed by atoms with Gasteiger partial charge in [-0.25, -0.2) is 0 Å². The molecule has 0 fully saturated rings. The number of carbonyl (C=O) groups excluding carboxylic acids is 1. The largest absolute Gasteiger partial charge is 0.347 e. The smallest absolute Gasteiger partial charge is 0.261 e. The van der Waals surface area contributed by atoms with Crippen LogP contribution in [0.4, 0.5) is 0 Å². The van der Waals surface area contributed by atoms with E-state index in [0.29, 0.717) is 23.1 Å². The zero-order valence-electron chi connectivity index (χ0n) is 14.1. The maximum Gasteiger partial charge on any atom is 0.261 e. The van der Waals surface area contributed by atoms with Crippen LogP contribution in [0.1, 0.15) is 15.2 Å². The number of carbonyl (C=O) groups is 1. The van der Waals surface area contributed by atoms with Crippen LogP contribution < -0.4 is 5.32 Å². The number of hydrogen-bond acceptors (Lipinski definition) is 5. The van der Waals surface area contributed by atoms with Gasteiger partial charge in [-0.05, 0) is 42.0 Å². The molecular weight excluding hydrogens is 426 g/mol. The molecule has 0 aliphatic rings. The molecule has 7 heteroatoms. The fraction of sp³-hybridized carbons (Fsp3) is 0.0500. The monoisotopic (exact) mass is 439 g/mol. The van der Waals surface area contributed by atoms with Gasteiger partial charge in [0.25, 0.3) is 11.8 Å². The Balaban J connectivity index is 1.45. The average molecular weight is 440 g/mol. The van der Waals surface area contributed by atoms with Gasteiger partial charge in [0.1, 0.15) is 0 Å². The minimum Gasteiger partial charge on any atom is -0.347 e. The first-order chi connectivity index (χ1) is 13.2. The minimum atomic E-state index is -0.127. The summed E-state index contributed by atoms with van der Waals surface area (Å²) in [5.41, 5.74) is 1.89. The summed E-state index contributed by atoms with van der Waals surface area (Å²) < 4.78 is 6.32. The molecule has 2 aromatic carbocycles. The lowest BCUT2D eigenvalue weighted by molar-refractivity contribution is 0.0955. The summed E-state index contributed by atoms with van der Waals surface area (Å²) in [5, 5.41) is 6.95.